The molecule has 108 valence electrons. The highest BCUT2D eigenvalue weighted by Crippen LogP contribution is 2.40. The first-order chi connectivity index (χ1) is 8.97. The van der Waals surface area contributed by atoms with E-state index in [-0.39, 0.29) is 5.54 Å². The summed E-state index contributed by atoms with van der Waals surface area (Å²) >= 11 is 3.70. The first kappa shape index (κ1) is 15.0. The number of nitrogens with one attached hydrogen (secondary N) is 1. The standard InChI is InChI=1S/C14H25BrN4/c1-11(2)14(6-5-7-16-14)13-12(15)10-17-19(13)9-8-18(3)4/h10-11,16H,5-9H2,1-4H3. The van der Waals surface area contributed by atoms with Crippen LogP contribution < -0.4 is 5.32 Å². The van der Waals surface area contributed by atoms with Crippen molar-refractivity contribution in [3.8, 4) is 0 Å². The molecule has 5 heteroatoms. The van der Waals surface area contributed by atoms with Gasteiger partial charge in [-0.2, -0.15) is 5.10 Å². The van der Waals surface area contributed by atoms with Crippen LogP contribution >= 0.6 is 15.9 Å². The van der Waals surface area contributed by atoms with Gasteiger partial charge in [-0.1, -0.05) is 13.8 Å². The van der Waals surface area contributed by atoms with Crippen molar-refractivity contribution in [1.82, 2.24) is 20.0 Å². The van der Waals surface area contributed by atoms with Crippen LogP contribution in [-0.2, 0) is 12.1 Å². The van der Waals surface area contributed by atoms with Gasteiger partial charge in [0.2, 0.25) is 0 Å². The summed E-state index contributed by atoms with van der Waals surface area (Å²) in [7, 11) is 4.20. The topological polar surface area (TPSA) is 33.1 Å². The maximum Gasteiger partial charge on any atom is 0.0730 e. The van der Waals surface area contributed by atoms with Crippen molar-refractivity contribution in [3.63, 3.8) is 0 Å². The van der Waals surface area contributed by atoms with Crippen molar-refractivity contribution in [1.29, 1.82) is 0 Å². The molecule has 1 aromatic rings. The zero-order valence-electron chi connectivity index (χ0n) is 12.4. The van der Waals surface area contributed by atoms with Crippen LogP contribution in [0.25, 0.3) is 0 Å². The fourth-order valence-electron chi connectivity index (χ4n) is 3.01. The number of nitrogens with zero attached hydrogens (tertiary/aromatic N) is 3. The molecule has 0 aliphatic carbocycles. The SMILES string of the molecule is CC(C)C1(c2c(Br)cnn2CCN(C)C)CCCN1. The Morgan fingerprint density at radius 3 is 2.79 bits per heavy atom. The summed E-state index contributed by atoms with van der Waals surface area (Å²) in [5.74, 6) is 0.557. The maximum absolute atomic E-state index is 4.56. The lowest BCUT2D eigenvalue weighted by molar-refractivity contribution is 0.249. The van der Waals surface area contributed by atoms with Crippen LogP contribution in [0.1, 0.15) is 32.4 Å². The van der Waals surface area contributed by atoms with Crippen LogP contribution in [-0.4, -0.2) is 41.9 Å². The van der Waals surface area contributed by atoms with Gasteiger partial charge in [0.05, 0.1) is 28.4 Å². The Bertz CT molecular complexity index is 419. The fourth-order valence-corrected chi connectivity index (χ4v) is 3.66. The predicted octanol–water partition coefficient (Wildman–Crippen LogP) is 2.44. The summed E-state index contributed by atoms with van der Waals surface area (Å²) in [6.45, 7) is 7.64. The van der Waals surface area contributed by atoms with Gasteiger partial charge in [-0.25, -0.2) is 0 Å². The minimum absolute atomic E-state index is 0.0711. The van der Waals surface area contributed by atoms with Crippen LogP contribution in [0.2, 0.25) is 0 Å². The van der Waals surface area contributed by atoms with Crippen molar-refractivity contribution in [2.75, 3.05) is 27.2 Å². The Kier molecular flexibility index (Phi) is 4.69. The molecule has 1 N–H and O–H groups in total. The van der Waals surface area contributed by atoms with Gasteiger partial charge in [0, 0.05) is 6.54 Å². The van der Waals surface area contributed by atoms with E-state index in [1.807, 2.05) is 6.20 Å². The average molecular weight is 329 g/mol. The van der Waals surface area contributed by atoms with E-state index in [4.69, 9.17) is 0 Å². The van der Waals surface area contributed by atoms with Crippen molar-refractivity contribution < 1.29 is 0 Å². The molecule has 0 spiro atoms. The second-order valence-corrected chi connectivity index (χ2v) is 6.88. The van der Waals surface area contributed by atoms with Gasteiger partial charge in [-0.3, -0.25) is 4.68 Å². The highest BCUT2D eigenvalue weighted by atomic mass is 79.9. The molecule has 2 heterocycles. The van der Waals surface area contributed by atoms with Crippen LogP contribution in [0.15, 0.2) is 10.7 Å². The number of hydrogen-bond donors (Lipinski definition) is 1. The van der Waals surface area contributed by atoms with Gasteiger partial charge in [-0.05, 0) is 55.3 Å². The molecular weight excluding hydrogens is 304 g/mol. The van der Waals surface area contributed by atoms with Crippen molar-refractivity contribution >= 4 is 15.9 Å². The molecule has 19 heavy (non-hydrogen) atoms. The normalized spacial score (nSPS) is 23.7. The summed E-state index contributed by atoms with van der Waals surface area (Å²) in [5.41, 5.74) is 1.39. The van der Waals surface area contributed by atoms with E-state index in [0.29, 0.717) is 5.92 Å². The Morgan fingerprint density at radius 2 is 2.26 bits per heavy atom. The van der Waals surface area contributed by atoms with Crippen LogP contribution in [0.5, 0.6) is 0 Å². The van der Waals surface area contributed by atoms with Gasteiger partial charge in [0.15, 0.2) is 0 Å². The molecule has 1 saturated heterocycles. The monoisotopic (exact) mass is 328 g/mol. The van der Waals surface area contributed by atoms with Gasteiger partial charge >= 0.3 is 0 Å². The zero-order valence-corrected chi connectivity index (χ0v) is 14.0. The van der Waals surface area contributed by atoms with E-state index < -0.39 is 0 Å². The molecule has 1 unspecified atom stereocenters. The van der Waals surface area contributed by atoms with Gasteiger partial charge in [0.1, 0.15) is 0 Å². The Balaban J connectivity index is 2.34. The Morgan fingerprint density at radius 1 is 1.53 bits per heavy atom. The fraction of sp³-hybridized carbons (Fsp3) is 0.786. The molecule has 0 radical (unpaired) electrons. The van der Waals surface area contributed by atoms with E-state index >= 15 is 0 Å². The van der Waals surface area contributed by atoms with E-state index in [1.54, 1.807) is 0 Å². The van der Waals surface area contributed by atoms with Crippen molar-refractivity contribution in [2.24, 2.45) is 5.92 Å². The second-order valence-electron chi connectivity index (χ2n) is 6.02. The molecule has 2 rings (SSSR count). The molecule has 1 aliphatic rings. The summed E-state index contributed by atoms with van der Waals surface area (Å²) in [5, 5.41) is 8.30. The number of likely N-dealkylation sites (N-methyl/N-ethyl adjacent to an activating group) is 1. The Hall–Kier alpha value is -0.390. The molecule has 1 atom stereocenters. The molecule has 1 aliphatic heterocycles. The third-order valence-corrected chi connectivity index (χ3v) is 4.73. The van der Waals surface area contributed by atoms with Gasteiger partial charge in [0.25, 0.3) is 0 Å². The maximum atomic E-state index is 4.56. The number of aromatic nitrogens is 2. The van der Waals surface area contributed by atoms with Gasteiger partial charge < -0.3 is 10.2 Å². The highest BCUT2D eigenvalue weighted by molar-refractivity contribution is 9.10. The van der Waals surface area contributed by atoms with Crippen LogP contribution in [0, 0.1) is 5.92 Å². The van der Waals surface area contributed by atoms with E-state index in [2.05, 4.69) is 63.9 Å². The molecule has 0 amide bonds. The molecule has 0 saturated carbocycles. The summed E-state index contributed by atoms with van der Waals surface area (Å²) in [6.07, 6.45) is 4.37. The molecular formula is C14H25BrN4. The zero-order chi connectivity index (χ0) is 14.0. The van der Waals surface area contributed by atoms with Crippen LogP contribution in [0.4, 0.5) is 0 Å². The molecule has 1 aromatic heterocycles. The summed E-state index contributed by atoms with van der Waals surface area (Å²) in [4.78, 5) is 2.20. The Labute approximate surface area is 124 Å². The molecule has 0 aromatic carbocycles. The largest absolute Gasteiger partial charge is 0.308 e. The average Bonchev–Trinajstić information content (AvgIpc) is 2.93. The molecule has 0 bridgehead atoms. The van der Waals surface area contributed by atoms with Crippen molar-refractivity contribution in [2.45, 2.75) is 38.8 Å². The van der Waals surface area contributed by atoms with Gasteiger partial charge in [-0.15, -0.1) is 0 Å². The minimum Gasteiger partial charge on any atom is -0.308 e. The molecule has 4 nitrogen and oxygen atoms in total. The van der Waals surface area contributed by atoms with Crippen molar-refractivity contribution in [3.05, 3.63) is 16.4 Å². The quantitative estimate of drug-likeness (QED) is 0.901. The number of halogens is 1. The number of hydrogen-bond acceptors (Lipinski definition) is 3. The highest BCUT2D eigenvalue weighted by Gasteiger charge is 2.42. The minimum atomic E-state index is 0.0711. The summed E-state index contributed by atoms with van der Waals surface area (Å²) < 4.78 is 3.30. The van der Waals surface area contributed by atoms with Crippen LogP contribution in [0.3, 0.4) is 0 Å². The number of rotatable bonds is 5. The van der Waals surface area contributed by atoms with E-state index in [0.717, 1.165) is 24.1 Å². The lowest BCUT2D eigenvalue weighted by atomic mass is 9.82. The lowest BCUT2D eigenvalue weighted by Gasteiger charge is -2.35. The molecule has 1 fully saturated rings. The third-order valence-electron chi connectivity index (χ3n) is 4.15. The lowest BCUT2D eigenvalue weighted by Crippen LogP contribution is -2.44. The first-order valence-corrected chi connectivity index (χ1v) is 7.88. The predicted molar refractivity (Wildman–Crippen MR) is 82.2 cm³/mol. The first-order valence-electron chi connectivity index (χ1n) is 7.09. The van der Waals surface area contributed by atoms with E-state index in [9.17, 15) is 0 Å². The van der Waals surface area contributed by atoms with E-state index in [1.165, 1.54) is 18.5 Å². The third kappa shape index (κ3) is 2.88. The smallest absolute Gasteiger partial charge is 0.0730 e. The summed E-state index contributed by atoms with van der Waals surface area (Å²) in [6, 6.07) is 0. The second kappa shape index (κ2) is 5.94.